The third-order valence-corrected chi connectivity index (χ3v) is 3.67. The predicted molar refractivity (Wildman–Crippen MR) is 73.3 cm³/mol. The van der Waals surface area contributed by atoms with Crippen molar-refractivity contribution in [2.45, 2.75) is 46.2 Å². The van der Waals surface area contributed by atoms with Gasteiger partial charge in [-0.3, -0.25) is 4.79 Å². The van der Waals surface area contributed by atoms with Crippen LogP contribution in [0.4, 0.5) is 0 Å². The molecule has 0 saturated heterocycles. The number of amides is 1. The van der Waals surface area contributed by atoms with Crippen molar-refractivity contribution in [3.8, 4) is 0 Å². The van der Waals surface area contributed by atoms with Crippen molar-refractivity contribution in [2.75, 3.05) is 6.54 Å². The summed E-state index contributed by atoms with van der Waals surface area (Å²) in [5, 5.41) is 8.30. The molecule has 0 aromatic carbocycles. The molecule has 1 amide bonds. The van der Waals surface area contributed by atoms with Crippen molar-refractivity contribution in [2.24, 2.45) is 0 Å². The van der Waals surface area contributed by atoms with Gasteiger partial charge in [0.2, 0.25) is 5.91 Å². The summed E-state index contributed by atoms with van der Waals surface area (Å²) in [5.41, 5.74) is 1.34. The molecule has 0 aliphatic heterocycles. The highest BCUT2D eigenvalue weighted by atomic mass is 32.1. The molecule has 0 spiro atoms. The third kappa shape index (κ3) is 4.88. The molecule has 2 N–H and O–H groups in total. The maximum Gasteiger partial charge on any atom is 0.221 e. The molecule has 1 unspecified atom stereocenters. The van der Waals surface area contributed by atoms with Crippen LogP contribution in [0.1, 0.15) is 37.6 Å². The van der Waals surface area contributed by atoms with Crippen LogP contribution in [0.5, 0.6) is 0 Å². The minimum absolute atomic E-state index is 0.119. The number of rotatable bonds is 7. The Morgan fingerprint density at radius 2 is 2.24 bits per heavy atom. The van der Waals surface area contributed by atoms with E-state index < -0.39 is 0 Å². The highest BCUT2D eigenvalue weighted by Crippen LogP contribution is 2.16. The van der Waals surface area contributed by atoms with Crippen LogP contribution in [0, 0.1) is 0 Å². The molecule has 3 nitrogen and oxygen atoms in total. The second-order valence-electron chi connectivity index (χ2n) is 4.16. The van der Waals surface area contributed by atoms with E-state index in [2.05, 4.69) is 29.0 Å². The van der Waals surface area contributed by atoms with Gasteiger partial charge in [0.15, 0.2) is 0 Å². The lowest BCUT2D eigenvalue weighted by molar-refractivity contribution is -0.121. The fourth-order valence-corrected chi connectivity index (χ4v) is 2.70. The van der Waals surface area contributed by atoms with Crippen LogP contribution in [-0.2, 0) is 17.8 Å². The zero-order valence-corrected chi connectivity index (χ0v) is 11.7. The van der Waals surface area contributed by atoms with E-state index in [9.17, 15) is 4.79 Å². The summed E-state index contributed by atoms with van der Waals surface area (Å²) in [7, 11) is 0. The van der Waals surface area contributed by atoms with Gasteiger partial charge in [-0.2, -0.15) is 0 Å². The average molecular weight is 254 g/mol. The molecular formula is C13H22N2OS. The van der Waals surface area contributed by atoms with Crippen LogP contribution in [0.3, 0.4) is 0 Å². The summed E-state index contributed by atoms with van der Waals surface area (Å²) in [6.07, 6.45) is 1.57. The van der Waals surface area contributed by atoms with Crippen molar-refractivity contribution in [3.63, 3.8) is 0 Å². The molecule has 0 aliphatic carbocycles. The summed E-state index contributed by atoms with van der Waals surface area (Å²) in [6.45, 7) is 7.79. The van der Waals surface area contributed by atoms with Crippen LogP contribution in [0.25, 0.3) is 0 Å². The fraction of sp³-hybridized carbons (Fsp3) is 0.615. The summed E-state index contributed by atoms with van der Waals surface area (Å²) in [6, 6.07) is 2.38. The Labute approximate surface area is 108 Å². The molecule has 1 heterocycles. The second kappa shape index (κ2) is 7.45. The Morgan fingerprint density at radius 1 is 1.47 bits per heavy atom. The number of aryl methyl sites for hydroxylation is 1. The molecule has 0 saturated carbocycles. The van der Waals surface area contributed by atoms with Gasteiger partial charge in [0.05, 0.1) is 6.54 Å². The molecule has 0 bridgehead atoms. The average Bonchev–Trinajstić information content (AvgIpc) is 2.73. The summed E-state index contributed by atoms with van der Waals surface area (Å²) < 4.78 is 0. The predicted octanol–water partition coefficient (Wildman–Crippen LogP) is 2.31. The smallest absolute Gasteiger partial charge is 0.221 e. The largest absolute Gasteiger partial charge is 0.351 e. The number of thiophene rings is 1. The SMILES string of the molecule is CCNC(C)CC(=O)NCc1sccc1CC. The van der Waals surface area contributed by atoms with E-state index in [1.807, 2.05) is 13.8 Å². The number of nitrogens with one attached hydrogen (secondary N) is 2. The molecular weight excluding hydrogens is 232 g/mol. The molecule has 1 aromatic rings. The molecule has 17 heavy (non-hydrogen) atoms. The highest BCUT2D eigenvalue weighted by molar-refractivity contribution is 7.10. The number of carbonyl (C=O) groups is 1. The zero-order valence-electron chi connectivity index (χ0n) is 10.9. The van der Waals surface area contributed by atoms with Gasteiger partial charge in [0.1, 0.15) is 0 Å². The Balaban J connectivity index is 2.33. The van der Waals surface area contributed by atoms with E-state index in [0.29, 0.717) is 13.0 Å². The van der Waals surface area contributed by atoms with E-state index in [0.717, 1.165) is 13.0 Å². The quantitative estimate of drug-likeness (QED) is 0.784. The summed E-state index contributed by atoms with van der Waals surface area (Å²) in [5.74, 6) is 0.119. The van der Waals surface area contributed by atoms with Gasteiger partial charge < -0.3 is 10.6 Å². The standard InChI is InChI=1S/C13H22N2OS/c1-4-11-6-7-17-12(11)9-15-13(16)8-10(3)14-5-2/h6-7,10,14H,4-5,8-9H2,1-3H3,(H,15,16). The zero-order chi connectivity index (χ0) is 12.7. The lowest BCUT2D eigenvalue weighted by atomic mass is 10.2. The van der Waals surface area contributed by atoms with Crippen molar-refractivity contribution < 1.29 is 4.79 Å². The van der Waals surface area contributed by atoms with Gasteiger partial charge in [-0.1, -0.05) is 13.8 Å². The Kier molecular flexibility index (Phi) is 6.22. The van der Waals surface area contributed by atoms with Crippen LogP contribution in [0.2, 0.25) is 0 Å². The molecule has 1 aromatic heterocycles. The van der Waals surface area contributed by atoms with Crippen molar-refractivity contribution >= 4 is 17.2 Å². The van der Waals surface area contributed by atoms with Crippen LogP contribution in [0.15, 0.2) is 11.4 Å². The molecule has 1 rings (SSSR count). The van der Waals surface area contributed by atoms with Gasteiger partial charge in [0.25, 0.3) is 0 Å². The van der Waals surface area contributed by atoms with E-state index in [1.54, 1.807) is 11.3 Å². The first-order chi connectivity index (χ1) is 8.17. The first-order valence-corrected chi connectivity index (χ1v) is 7.10. The van der Waals surface area contributed by atoms with Crippen molar-refractivity contribution in [1.29, 1.82) is 0 Å². The Bertz CT molecular complexity index is 349. The van der Waals surface area contributed by atoms with E-state index in [4.69, 9.17) is 0 Å². The second-order valence-corrected chi connectivity index (χ2v) is 5.16. The minimum atomic E-state index is 0.119. The lowest BCUT2D eigenvalue weighted by Crippen LogP contribution is -2.33. The fourth-order valence-electron chi connectivity index (χ4n) is 1.79. The number of carbonyl (C=O) groups excluding carboxylic acids is 1. The van der Waals surface area contributed by atoms with Crippen LogP contribution in [-0.4, -0.2) is 18.5 Å². The lowest BCUT2D eigenvalue weighted by Gasteiger charge is -2.12. The van der Waals surface area contributed by atoms with Crippen LogP contribution >= 0.6 is 11.3 Å². The van der Waals surface area contributed by atoms with Gasteiger partial charge >= 0.3 is 0 Å². The topological polar surface area (TPSA) is 41.1 Å². The first kappa shape index (κ1) is 14.2. The third-order valence-electron chi connectivity index (χ3n) is 2.71. The number of hydrogen-bond acceptors (Lipinski definition) is 3. The van der Waals surface area contributed by atoms with Crippen molar-refractivity contribution in [3.05, 3.63) is 21.9 Å². The van der Waals surface area contributed by atoms with E-state index >= 15 is 0 Å². The molecule has 0 fully saturated rings. The maximum absolute atomic E-state index is 11.7. The molecule has 0 aliphatic rings. The number of hydrogen-bond donors (Lipinski definition) is 2. The van der Waals surface area contributed by atoms with Gasteiger partial charge in [-0.25, -0.2) is 0 Å². The normalized spacial score (nSPS) is 12.4. The highest BCUT2D eigenvalue weighted by Gasteiger charge is 2.08. The summed E-state index contributed by atoms with van der Waals surface area (Å²) >= 11 is 1.71. The van der Waals surface area contributed by atoms with Crippen LogP contribution < -0.4 is 10.6 Å². The Morgan fingerprint density at radius 3 is 2.88 bits per heavy atom. The first-order valence-electron chi connectivity index (χ1n) is 6.22. The van der Waals surface area contributed by atoms with Gasteiger partial charge in [-0.15, -0.1) is 11.3 Å². The van der Waals surface area contributed by atoms with E-state index in [1.165, 1.54) is 10.4 Å². The molecule has 0 radical (unpaired) electrons. The molecule has 1 atom stereocenters. The van der Waals surface area contributed by atoms with Gasteiger partial charge in [-0.05, 0) is 36.9 Å². The monoisotopic (exact) mass is 254 g/mol. The summed E-state index contributed by atoms with van der Waals surface area (Å²) in [4.78, 5) is 13.0. The van der Waals surface area contributed by atoms with Crippen molar-refractivity contribution in [1.82, 2.24) is 10.6 Å². The molecule has 96 valence electrons. The minimum Gasteiger partial charge on any atom is -0.351 e. The van der Waals surface area contributed by atoms with E-state index in [-0.39, 0.29) is 11.9 Å². The maximum atomic E-state index is 11.7. The van der Waals surface area contributed by atoms with Gasteiger partial charge in [0, 0.05) is 17.3 Å². The molecule has 4 heteroatoms. The Hall–Kier alpha value is -0.870.